The van der Waals surface area contributed by atoms with Crippen molar-refractivity contribution in [2.24, 2.45) is 0 Å². The lowest BCUT2D eigenvalue weighted by Crippen LogP contribution is -2.44. The number of nitrogens with one attached hydrogen (secondary N) is 1. The summed E-state index contributed by atoms with van der Waals surface area (Å²) in [5, 5.41) is 7.16. The molecule has 1 aliphatic rings. The van der Waals surface area contributed by atoms with E-state index in [2.05, 4.69) is 32.1 Å². The zero-order valence-electron chi connectivity index (χ0n) is 26.9. The number of benzene rings is 2. The second-order valence-electron chi connectivity index (χ2n) is 11.1. The zero-order chi connectivity index (χ0) is 32.9. The number of alkyl halides is 3. The Hall–Kier alpha value is -4.40. The van der Waals surface area contributed by atoms with Crippen LogP contribution in [0.15, 0.2) is 48.5 Å². The zero-order valence-corrected chi connectivity index (χ0v) is 26.9. The molecule has 8 nitrogen and oxygen atoms in total. The second kappa shape index (κ2) is 14.1. The number of amides is 1. The van der Waals surface area contributed by atoms with Gasteiger partial charge >= 0.3 is 6.18 Å². The fraction of sp³-hybridized carbons (Fsp3) is 0.382. The topological polar surface area (TPSA) is 69.0 Å². The first-order valence-electron chi connectivity index (χ1n) is 15.0. The van der Waals surface area contributed by atoms with Crippen molar-refractivity contribution >= 4 is 23.2 Å². The summed E-state index contributed by atoms with van der Waals surface area (Å²) in [7, 11) is 5.74. The molecule has 1 saturated heterocycles. The lowest BCUT2D eigenvalue weighted by Gasteiger charge is -2.33. The monoisotopic (exact) mass is 619 g/mol. The maximum absolute atomic E-state index is 14.0. The van der Waals surface area contributed by atoms with Crippen LogP contribution in [0, 0.1) is 25.7 Å². The molecule has 3 heterocycles. The van der Waals surface area contributed by atoms with Gasteiger partial charge in [0.25, 0.3) is 5.91 Å². The fourth-order valence-corrected chi connectivity index (χ4v) is 4.92. The minimum atomic E-state index is -4.54. The average Bonchev–Trinajstić information content (AvgIpc) is 3.46. The van der Waals surface area contributed by atoms with Crippen LogP contribution in [-0.4, -0.2) is 77.6 Å². The number of carbonyl (C=O) groups excluding carboxylic acids is 1. The van der Waals surface area contributed by atoms with Gasteiger partial charge < -0.3 is 15.1 Å². The van der Waals surface area contributed by atoms with Crippen LogP contribution in [0.25, 0.3) is 5.65 Å². The van der Waals surface area contributed by atoms with Gasteiger partial charge in [-0.25, -0.2) is 4.52 Å². The Labute approximate surface area is 262 Å². The third-order valence-electron chi connectivity index (χ3n) is 7.62. The SMILES string of the molecule is CC.Cc1ccc(C(=O)Nc2ccc(CN3CCN(C)CC3)c(C(F)(F)F)c2)cc1C#Cc1ccc2nc(N(C)C)nn2c1C. The lowest BCUT2D eigenvalue weighted by molar-refractivity contribution is -0.138. The summed E-state index contributed by atoms with van der Waals surface area (Å²) in [6, 6.07) is 12.8. The van der Waals surface area contributed by atoms with E-state index in [0.717, 1.165) is 36.0 Å². The van der Waals surface area contributed by atoms with Crippen LogP contribution >= 0.6 is 0 Å². The smallest absolute Gasteiger partial charge is 0.346 e. The second-order valence-corrected chi connectivity index (χ2v) is 11.1. The van der Waals surface area contributed by atoms with Gasteiger partial charge in [-0.15, -0.1) is 5.10 Å². The van der Waals surface area contributed by atoms with Crippen molar-refractivity contribution in [2.75, 3.05) is 57.5 Å². The molecular weight excluding hydrogens is 579 g/mol. The molecule has 1 N–H and O–H groups in total. The first-order valence-corrected chi connectivity index (χ1v) is 15.0. The summed E-state index contributed by atoms with van der Waals surface area (Å²) >= 11 is 0. The number of halogens is 3. The molecule has 2 aromatic heterocycles. The van der Waals surface area contributed by atoms with Crippen LogP contribution < -0.4 is 10.2 Å². The Kier molecular flexibility index (Phi) is 10.5. The molecule has 0 radical (unpaired) electrons. The standard InChI is InChI=1S/C32H34F3N7O.C2H6/c1-21-6-7-25(18-24(21)9-8-23-11-13-29-37-31(39(3)4)38-42(29)22(23)2)30(43)36-27-12-10-26(28(19-27)32(33,34)35)20-41-16-14-40(5)15-17-41;1-2/h6-7,10-13,18-19H,14-17,20H2,1-5H3,(H,36,43);1-2H3. The molecule has 0 aliphatic carbocycles. The number of nitrogens with zero attached hydrogens (tertiary/aromatic N) is 6. The molecule has 238 valence electrons. The fourth-order valence-electron chi connectivity index (χ4n) is 4.92. The highest BCUT2D eigenvalue weighted by Crippen LogP contribution is 2.35. The molecular formula is C34H40F3N7O. The summed E-state index contributed by atoms with van der Waals surface area (Å²) in [4.78, 5) is 23.6. The molecule has 0 spiro atoms. The van der Waals surface area contributed by atoms with E-state index < -0.39 is 17.6 Å². The van der Waals surface area contributed by atoms with E-state index in [1.165, 1.54) is 12.1 Å². The van der Waals surface area contributed by atoms with E-state index in [1.54, 1.807) is 22.7 Å². The van der Waals surface area contributed by atoms with Crippen molar-refractivity contribution in [3.05, 3.63) is 87.6 Å². The summed E-state index contributed by atoms with van der Waals surface area (Å²) < 4.78 is 43.8. The van der Waals surface area contributed by atoms with Crippen LogP contribution in [0.4, 0.5) is 24.8 Å². The number of piperazine rings is 1. The summed E-state index contributed by atoms with van der Waals surface area (Å²) in [5.41, 5.74) is 3.64. The minimum Gasteiger partial charge on any atom is -0.346 e. The Morgan fingerprint density at radius 3 is 2.31 bits per heavy atom. The van der Waals surface area contributed by atoms with Gasteiger partial charge in [-0.3, -0.25) is 9.69 Å². The normalized spacial score (nSPS) is 13.9. The van der Waals surface area contributed by atoms with Crippen molar-refractivity contribution < 1.29 is 18.0 Å². The number of aryl methyl sites for hydroxylation is 2. The number of aromatic nitrogens is 3. The van der Waals surface area contributed by atoms with Gasteiger partial charge in [0.15, 0.2) is 5.65 Å². The molecule has 0 saturated carbocycles. The molecule has 0 unspecified atom stereocenters. The molecule has 5 rings (SSSR count). The van der Waals surface area contributed by atoms with E-state index >= 15 is 0 Å². The van der Waals surface area contributed by atoms with E-state index in [1.807, 2.05) is 70.8 Å². The van der Waals surface area contributed by atoms with Crippen LogP contribution in [0.3, 0.4) is 0 Å². The Morgan fingerprint density at radius 1 is 0.956 bits per heavy atom. The van der Waals surface area contributed by atoms with Crippen molar-refractivity contribution in [3.63, 3.8) is 0 Å². The van der Waals surface area contributed by atoms with Crippen LogP contribution in [0.5, 0.6) is 0 Å². The molecule has 11 heteroatoms. The van der Waals surface area contributed by atoms with Crippen LogP contribution in [-0.2, 0) is 12.7 Å². The maximum atomic E-state index is 14.0. The predicted octanol–water partition coefficient (Wildman–Crippen LogP) is 5.86. The number of anilines is 2. The van der Waals surface area contributed by atoms with Crippen molar-refractivity contribution in [1.82, 2.24) is 24.4 Å². The third kappa shape index (κ3) is 8.01. The van der Waals surface area contributed by atoms with Gasteiger partial charge in [0.2, 0.25) is 5.95 Å². The lowest BCUT2D eigenvalue weighted by atomic mass is 10.0. The first-order chi connectivity index (χ1) is 21.4. The molecule has 1 amide bonds. The maximum Gasteiger partial charge on any atom is 0.416 e. The van der Waals surface area contributed by atoms with E-state index in [0.29, 0.717) is 35.8 Å². The highest BCUT2D eigenvalue weighted by molar-refractivity contribution is 6.04. The van der Waals surface area contributed by atoms with Gasteiger partial charge in [0, 0.05) is 69.2 Å². The van der Waals surface area contributed by atoms with Crippen molar-refractivity contribution in [1.29, 1.82) is 0 Å². The van der Waals surface area contributed by atoms with E-state index in [-0.39, 0.29) is 17.8 Å². The number of hydrogen-bond donors (Lipinski definition) is 1. The minimum absolute atomic E-state index is 0.0847. The summed E-state index contributed by atoms with van der Waals surface area (Å²) in [6.07, 6.45) is -4.54. The molecule has 1 fully saturated rings. The molecule has 0 bridgehead atoms. The number of fused-ring (bicyclic) bond motifs is 1. The molecule has 1 aliphatic heterocycles. The van der Waals surface area contributed by atoms with Gasteiger partial charge in [-0.05, 0) is 68.4 Å². The van der Waals surface area contributed by atoms with Crippen LogP contribution in [0.2, 0.25) is 0 Å². The highest BCUT2D eigenvalue weighted by atomic mass is 19.4. The largest absolute Gasteiger partial charge is 0.416 e. The highest BCUT2D eigenvalue weighted by Gasteiger charge is 2.34. The van der Waals surface area contributed by atoms with Gasteiger partial charge in [-0.2, -0.15) is 18.2 Å². The molecule has 2 aromatic carbocycles. The quantitative estimate of drug-likeness (QED) is 0.283. The summed E-state index contributed by atoms with van der Waals surface area (Å²) in [6.45, 7) is 11.0. The van der Waals surface area contributed by atoms with Crippen LogP contribution in [0.1, 0.15) is 57.7 Å². The average molecular weight is 620 g/mol. The number of carbonyl (C=O) groups is 1. The summed E-state index contributed by atoms with van der Waals surface area (Å²) in [5.74, 6) is 6.39. The predicted molar refractivity (Wildman–Crippen MR) is 173 cm³/mol. The number of rotatable bonds is 5. The van der Waals surface area contributed by atoms with Gasteiger partial charge in [-0.1, -0.05) is 37.8 Å². The Bertz CT molecular complexity index is 1730. The first kappa shape index (κ1) is 33.5. The van der Waals surface area contributed by atoms with Crippen molar-refractivity contribution in [3.8, 4) is 11.8 Å². The van der Waals surface area contributed by atoms with E-state index in [4.69, 9.17) is 0 Å². The Balaban J connectivity index is 0.00000226. The number of hydrogen-bond acceptors (Lipinski definition) is 6. The Morgan fingerprint density at radius 2 is 1.64 bits per heavy atom. The molecule has 4 aromatic rings. The van der Waals surface area contributed by atoms with Crippen molar-refractivity contribution in [2.45, 2.75) is 40.4 Å². The van der Waals surface area contributed by atoms with Gasteiger partial charge in [0.05, 0.1) is 11.3 Å². The number of likely N-dealkylation sites (N-methyl/N-ethyl adjacent to an activating group) is 1. The third-order valence-corrected chi connectivity index (χ3v) is 7.62. The number of pyridine rings is 1. The molecule has 45 heavy (non-hydrogen) atoms. The van der Waals surface area contributed by atoms with E-state index in [9.17, 15) is 18.0 Å². The van der Waals surface area contributed by atoms with Gasteiger partial charge in [0.1, 0.15) is 0 Å². The molecule has 0 atom stereocenters.